The molecular weight excluding hydrogens is 328 g/mol. The molecule has 0 radical (unpaired) electrons. The summed E-state index contributed by atoms with van der Waals surface area (Å²) in [5.74, 6) is 1.09. The van der Waals surface area contributed by atoms with Gasteiger partial charge < -0.3 is 14.8 Å². The van der Waals surface area contributed by atoms with E-state index in [2.05, 4.69) is 24.4 Å². The number of rotatable bonds is 8. The predicted molar refractivity (Wildman–Crippen MR) is 101 cm³/mol. The monoisotopic (exact) mass is 350 g/mol. The molecule has 0 spiro atoms. The Morgan fingerprint density at radius 1 is 1.23 bits per heavy atom. The van der Waals surface area contributed by atoms with Gasteiger partial charge in [-0.2, -0.15) is 5.26 Å². The van der Waals surface area contributed by atoms with E-state index in [1.807, 2.05) is 24.3 Å². The Kier molecular flexibility index (Phi) is 7.26. The highest BCUT2D eigenvalue weighted by atomic mass is 16.5. The summed E-state index contributed by atoms with van der Waals surface area (Å²) in [4.78, 5) is 12.0. The second-order valence-electron chi connectivity index (χ2n) is 5.75. The number of nitriles is 1. The maximum atomic E-state index is 12.0. The minimum absolute atomic E-state index is 0.0481. The first-order chi connectivity index (χ1) is 12.6. The van der Waals surface area contributed by atoms with E-state index < -0.39 is 0 Å². The Morgan fingerprint density at radius 2 is 2.00 bits per heavy atom. The minimum atomic E-state index is -0.156. The normalized spacial score (nSPS) is 11.6. The van der Waals surface area contributed by atoms with Crippen molar-refractivity contribution in [3.8, 4) is 17.6 Å². The molecule has 0 bridgehead atoms. The van der Waals surface area contributed by atoms with Crippen molar-refractivity contribution < 1.29 is 14.3 Å². The third-order valence-electron chi connectivity index (χ3n) is 3.86. The molecule has 0 aromatic heterocycles. The van der Waals surface area contributed by atoms with Gasteiger partial charge in [0, 0.05) is 12.6 Å². The molecule has 1 amide bonds. The summed E-state index contributed by atoms with van der Waals surface area (Å²) in [7, 11) is 1.53. The van der Waals surface area contributed by atoms with Gasteiger partial charge in [-0.05, 0) is 35.3 Å². The summed E-state index contributed by atoms with van der Waals surface area (Å²) in [6.45, 7) is 2.59. The zero-order valence-electron chi connectivity index (χ0n) is 14.9. The number of carbonyl (C=O) groups excluding carboxylic acids is 1. The van der Waals surface area contributed by atoms with Gasteiger partial charge in [-0.15, -0.1) is 0 Å². The van der Waals surface area contributed by atoms with E-state index in [0.29, 0.717) is 18.0 Å². The molecule has 0 heterocycles. The van der Waals surface area contributed by atoms with E-state index in [4.69, 9.17) is 14.7 Å². The highest BCUT2D eigenvalue weighted by molar-refractivity contribution is 5.91. The van der Waals surface area contributed by atoms with Crippen LogP contribution in [0.2, 0.25) is 0 Å². The molecule has 1 atom stereocenters. The Morgan fingerprint density at radius 3 is 2.69 bits per heavy atom. The van der Waals surface area contributed by atoms with E-state index in [0.717, 1.165) is 5.56 Å². The van der Waals surface area contributed by atoms with Crippen molar-refractivity contribution in [1.82, 2.24) is 5.32 Å². The molecule has 26 heavy (non-hydrogen) atoms. The lowest BCUT2D eigenvalue weighted by atomic mass is 10.0. The number of hydrogen-bond donors (Lipinski definition) is 1. The van der Waals surface area contributed by atoms with Crippen LogP contribution in [-0.2, 0) is 4.79 Å². The number of nitrogens with one attached hydrogen (secondary N) is 1. The number of carbonyl (C=O) groups is 1. The van der Waals surface area contributed by atoms with E-state index in [1.165, 1.54) is 18.7 Å². The van der Waals surface area contributed by atoms with Crippen LogP contribution in [0, 0.1) is 11.3 Å². The summed E-state index contributed by atoms with van der Waals surface area (Å²) in [5, 5.41) is 11.5. The number of methoxy groups -OCH3 is 1. The van der Waals surface area contributed by atoms with Crippen LogP contribution < -0.4 is 14.8 Å². The molecule has 2 aromatic carbocycles. The van der Waals surface area contributed by atoms with E-state index in [9.17, 15) is 4.79 Å². The molecule has 0 aliphatic rings. The zero-order valence-corrected chi connectivity index (χ0v) is 14.9. The van der Waals surface area contributed by atoms with Crippen LogP contribution in [0.3, 0.4) is 0 Å². The van der Waals surface area contributed by atoms with E-state index >= 15 is 0 Å². The maximum absolute atomic E-state index is 12.0. The van der Waals surface area contributed by atoms with Gasteiger partial charge in [-0.3, -0.25) is 4.79 Å². The number of nitrogens with zero attached hydrogens (tertiary/aromatic N) is 1. The maximum Gasteiger partial charge on any atom is 0.244 e. The molecule has 5 heteroatoms. The Balaban J connectivity index is 1.92. The molecule has 2 rings (SSSR count). The van der Waals surface area contributed by atoms with Crippen molar-refractivity contribution in [2.45, 2.75) is 12.8 Å². The quantitative estimate of drug-likeness (QED) is 0.739. The largest absolute Gasteiger partial charge is 0.493 e. The molecule has 5 nitrogen and oxygen atoms in total. The smallest absolute Gasteiger partial charge is 0.244 e. The first kappa shape index (κ1) is 19.1. The van der Waals surface area contributed by atoms with Crippen LogP contribution in [0.1, 0.15) is 24.0 Å². The molecule has 0 saturated heterocycles. The van der Waals surface area contributed by atoms with Crippen LogP contribution >= 0.6 is 0 Å². The first-order valence-electron chi connectivity index (χ1n) is 8.32. The number of hydrogen-bond acceptors (Lipinski definition) is 4. The van der Waals surface area contributed by atoms with Crippen LogP contribution in [0.4, 0.5) is 0 Å². The van der Waals surface area contributed by atoms with Crippen LogP contribution in [0.25, 0.3) is 6.08 Å². The van der Waals surface area contributed by atoms with Gasteiger partial charge in [-0.1, -0.05) is 43.3 Å². The molecule has 134 valence electrons. The summed E-state index contributed by atoms with van der Waals surface area (Å²) in [6, 6.07) is 17.2. The molecule has 0 aliphatic carbocycles. The third kappa shape index (κ3) is 5.67. The lowest BCUT2D eigenvalue weighted by molar-refractivity contribution is -0.116. The minimum Gasteiger partial charge on any atom is -0.493 e. The fourth-order valence-corrected chi connectivity index (χ4v) is 2.40. The topological polar surface area (TPSA) is 71.3 Å². The number of amides is 1. The van der Waals surface area contributed by atoms with Crippen molar-refractivity contribution in [1.29, 1.82) is 5.26 Å². The molecular formula is C21H22N2O3. The molecule has 0 saturated carbocycles. The van der Waals surface area contributed by atoms with Gasteiger partial charge >= 0.3 is 0 Å². The zero-order chi connectivity index (χ0) is 18.8. The van der Waals surface area contributed by atoms with E-state index in [-0.39, 0.29) is 18.4 Å². The second kappa shape index (κ2) is 9.90. The van der Waals surface area contributed by atoms with Gasteiger partial charge in [0.15, 0.2) is 18.1 Å². The molecule has 1 N–H and O–H groups in total. The lowest BCUT2D eigenvalue weighted by Crippen LogP contribution is -2.25. The summed E-state index contributed by atoms with van der Waals surface area (Å²) in [6.07, 6.45) is 3.20. The van der Waals surface area contributed by atoms with Gasteiger partial charge in [0.25, 0.3) is 0 Å². The Labute approximate surface area is 153 Å². The average Bonchev–Trinajstić information content (AvgIpc) is 2.69. The van der Waals surface area contributed by atoms with Crippen LogP contribution in [0.15, 0.2) is 54.6 Å². The van der Waals surface area contributed by atoms with Gasteiger partial charge in [0.05, 0.1) is 7.11 Å². The van der Waals surface area contributed by atoms with Gasteiger partial charge in [-0.25, -0.2) is 0 Å². The molecule has 0 aliphatic heterocycles. The Hall–Kier alpha value is -3.26. The van der Waals surface area contributed by atoms with Crippen molar-refractivity contribution in [3.05, 3.63) is 65.7 Å². The molecule has 0 fully saturated rings. The summed E-state index contributed by atoms with van der Waals surface area (Å²) in [5.41, 5.74) is 1.99. The van der Waals surface area contributed by atoms with Gasteiger partial charge in [0.1, 0.15) is 6.07 Å². The lowest BCUT2D eigenvalue weighted by Gasteiger charge is -2.12. The number of benzene rings is 2. The van der Waals surface area contributed by atoms with E-state index in [1.54, 1.807) is 24.3 Å². The summed E-state index contributed by atoms with van der Waals surface area (Å²) < 4.78 is 10.5. The fraction of sp³-hybridized carbons (Fsp3) is 0.238. The second-order valence-corrected chi connectivity index (χ2v) is 5.75. The van der Waals surface area contributed by atoms with Gasteiger partial charge in [0.2, 0.25) is 5.91 Å². The van der Waals surface area contributed by atoms with Crippen molar-refractivity contribution in [2.24, 2.45) is 0 Å². The van der Waals surface area contributed by atoms with Crippen molar-refractivity contribution in [3.63, 3.8) is 0 Å². The molecule has 1 unspecified atom stereocenters. The predicted octanol–water partition coefficient (Wildman–Crippen LogP) is 3.53. The van der Waals surface area contributed by atoms with Crippen molar-refractivity contribution in [2.75, 3.05) is 20.3 Å². The van der Waals surface area contributed by atoms with Crippen LogP contribution in [0.5, 0.6) is 11.5 Å². The highest BCUT2D eigenvalue weighted by Crippen LogP contribution is 2.28. The first-order valence-corrected chi connectivity index (χ1v) is 8.32. The highest BCUT2D eigenvalue weighted by Gasteiger charge is 2.07. The SMILES string of the molecule is COc1cc(/C=C/C(=O)NCC(C)c2ccccc2)ccc1OCC#N. The third-order valence-corrected chi connectivity index (χ3v) is 3.86. The number of ether oxygens (including phenoxy) is 2. The molecule has 2 aromatic rings. The van der Waals surface area contributed by atoms with Crippen molar-refractivity contribution >= 4 is 12.0 Å². The fourth-order valence-electron chi connectivity index (χ4n) is 2.40. The summed E-state index contributed by atoms with van der Waals surface area (Å²) >= 11 is 0. The standard InChI is InChI=1S/C21H22N2O3/c1-16(18-6-4-3-5-7-18)15-23-21(24)11-9-17-8-10-19(26-13-12-22)20(14-17)25-2/h3-11,14,16H,13,15H2,1-2H3,(H,23,24)/b11-9+. The average molecular weight is 350 g/mol. The Bertz CT molecular complexity index is 795. The van der Waals surface area contributed by atoms with Crippen LogP contribution in [-0.4, -0.2) is 26.2 Å².